The number of hydrogen-bond acceptors (Lipinski definition) is 6. The topological polar surface area (TPSA) is 67.8 Å². The SMILES string of the molecule is O=C(/C=C/c1ccc2c(c1)OCO2)NCc1ccc([C@@H](O)c2cccs2)s1. The minimum atomic E-state index is -0.606. The van der Waals surface area contributed by atoms with Gasteiger partial charge in [-0.2, -0.15) is 0 Å². The summed E-state index contributed by atoms with van der Waals surface area (Å²) in [6.45, 7) is 0.652. The summed E-state index contributed by atoms with van der Waals surface area (Å²) in [5, 5.41) is 15.2. The molecule has 0 saturated carbocycles. The molecule has 1 aliphatic rings. The molecule has 3 heterocycles. The van der Waals surface area contributed by atoms with Gasteiger partial charge in [-0.05, 0) is 47.4 Å². The number of ether oxygens (including phenoxy) is 2. The highest BCUT2D eigenvalue weighted by atomic mass is 32.1. The van der Waals surface area contributed by atoms with Crippen LogP contribution >= 0.6 is 22.7 Å². The van der Waals surface area contributed by atoms with Crippen LogP contribution < -0.4 is 14.8 Å². The van der Waals surface area contributed by atoms with Gasteiger partial charge in [0.15, 0.2) is 11.5 Å². The third kappa shape index (κ3) is 4.21. The number of benzene rings is 1. The lowest BCUT2D eigenvalue weighted by Crippen LogP contribution is -2.19. The second-order valence-corrected chi connectivity index (χ2v) is 8.07. The molecule has 138 valence electrons. The Morgan fingerprint density at radius 2 is 2.07 bits per heavy atom. The summed E-state index contributed by atoms with van der Waals surface area (Å²) in [5.41, 5.74) is 0.867. The molecule has 7 heteroatoms. The van der Waals surface area contributed by atoms with Crippen LogP contribution in [0.3, 0.4) is 0 Å². The number of nitrogens with one attached hydrogen (secondary N) is 1. The molecule has 4 rings (SSSR count). The molecule has 0 fully saturated rings. The molecule has 2 N–H and O–H groups in total. The van der Waals surface area contributed by atoms with Crippen LogP contribution in [0.1, 0.15) is 26.3 Å². The van der Waals surface area contributed by atoms with Crippen LogP contribution in [0.5, 0.6) is 11.5 Å². The molecule has 0 saturated heterocycles. The minimum Gasteiger partial charge on any atom is -0.454 e. The highest BCUT2D eigenvalue weighted by Gasteiger charge is 2.14. The molecule has 27 heavy (non-hydrogen) atoms. The van der Waals surface area contributed by atoms with E-state index < -0.39 is 6.10 Å². The lowest BCUT2D eigenvalue weighted by atomic mass is 10.2. The Bertz CT molecular complexity index is 962. The number of carbonyl (C=O) groups excluding carboxylic acids is 1. The summed E-state index contributed by atoms with van der Waals surface area (Å²) in [6.07, 6.45) is 2.62. The molecule has 1 aromatic carbocycles. The largest absolute Gasteiger partial charge is 0.454 e. The van der Waals surface area contributed by atoms with Gasteiger partial charge in [0.1, 0.15) is 6.10 Å². The number of thiophene rings is 2. The summed E-state index contributed by atoms with van der Waals surface area (Å²) in [6, 6.07) is 13.2. The Hall–Kier alpha value is -2.61. The van der Waals surface area contributed by atoms with Gasteiger partial charge < -0.3 is 19.9 Å². The van der Waals surface area contributed by atoms with E-state index in [1.165, 1.54) is 28.7 Å². The third-order valence-electron chi connectivity index (χ3n) is 4.03. The molecule has 0 aliphatic carbocycles. The van der Waals surface area contributed by atoms with Crippen molar-refractivity contribution in [2.75, 3.05) is 6.79 Å². The summed E-state index contributed by atoms with van der Waals surface area (Å²) in [5.74, 6) is 1.23. The quantitative estimate of drug-likeness (QED) is 0.616. The molecular formula is C20H17NO4S2. The van der Waals surface area contributed by atoms with Gasteiger partial charge in [0.05, 0.1) is 6.54 Å². The second kappa shape index (κ2) is 7.96. The lowest BCUT2D eigenvalue weighted by molar-refractivity contribution is -0.116. The zero-order chi connectivity index (χ0) is 18.6. The van der Waals surface area contributed by atoms with Crippen molar-refractivity contribution < 1.29 is 19.4 Å². The van der Waals surface area contributed by atoms with Crippen molar-refractivity contribution in [3.63, 3.8) is 0 Å². The van der Waals surface area contributed by atoms with E-state index in [1.807, 2.05) is 47.8 Å². The van der Waals surface area contributed by atoms with Gasteiger partial charge in [0, 0.05) is 20.7 Å². The maximum absolute atomic E-state index is 12.1. The Morgan fingerprint density at radius 3 is 2.93 bits per heavy atom. The van der Waals surface area contributed by atoms with Gasteiger partial charge in [0.2, 0.25) is 12.7 Å². The molecule has 0 unspecified atom stereocenters. The monoisotopic (exact) mass is 399 g/mol. The van der Waals surface area contributed by atoms with Crippen molar-refractivity contribution in [1.29, 1.82) is 0 Å². The number of fused-ring (bicyclic) bond motifs is 1. The summed E-state index contributed by atoms with van der Waals surface area (Å²) in [7, 11) is 0. The first kappa shape index (κ1) is 17.8. The number of rotatable bonds is 6. The van der Waals surface area contributed by atoms with E-state index in [1.54, 1.807) is 6.08 Å². The van der Waals surface area contributed by atoms with Crippen molar-refractivity contribution in [2.24, 2.45) is 0 Å². The van der Waals surface area contributed by atoms with Crippen LogP contribution in [0.4, 0.5) is 0 Å². The summed E-state index contributed by atoms with van der Waals surface area (Å²) < 4.78 is 10.6. The fourth-order valence-electron chi connectivity index (χ4n) is 2.65. The van der Waals surface area contributed by atoms with Crippen LogP contribution in [-0.2, 0) is 11.3 Å². The van der Waals surface area contributed by atoms with Crippen LogP contribution in [-0.4, -0.2) is 17.8 Å². The van der Waals surface area contributed by atoms with E-state index in [0.717, 1.165) is 25.9 Å². The molecule has 5 nitrogen and oxygen atoms in total. The normalized spacial score (nSPS) is 13.8. The summed E-state index contributed by atoms with van der Waals surface area (Å²) in [4.78, 5) is 14.8. The third-order valence-corrected chi connectivity index (χ3v) is 6.09. The van der Waals surface area contributed by atoms with E-state index in [2.05, 4.69) is 5.32 Å². The van der Waals surface area contributed by atoms with Gasteiger partial charge in [0.25, 0.3) is 0 Å². The molecule has 1 amide bonds. The molecule has 1 aliphatic heterocycles. The molecule has 0 radical (unpaired) electrons. The fraction of sp³-hybridized carbons (Fsp3) is 0.150. The number of carbonyl (C=O) groups is 1. The predicted molar refractivity (Wildman–Crippen MR) is 106 cm³/mol. The number of aliphatic hydroxyl groups excluding tert-OH is 1. The van der Waals surface area contributed by atoms with Gasteiger partial charge in [-0.3, -0.25) is 4.79 Å². The highest BCUT2D eigenvalue weighted by molar-refractivity contribution is 7.12. The lowest BCUT2D eigenvalue weighted by Gasteiger charge is -2.05. The fourth-order valence-corrected chi connectivity index (χ4v) is 4.41. The van der Waals surface area contributed by atoms with E-state index in [9.17, 15) is 9.90 Å². The Morgan fingerprint density at radius 1 is 1.19 bits per heavy atom. The standard InChI is InChI=1S/C20H17NO4S2/c22-19(8-4-13-3-6-15-16(10-13)25-12-24-15)21-11-14-5-7-18(27-14)20(23)17-2-1-9-26-17/h1-10,20,23H,11-12H2,(H,21,22)/b8-4+/t20-/m0/s1. The van der Waals surface area contributed by atoms with Crippen molar-refractivity contribution in [3.8, 4) is 11.5 Å². The van der Waals surface area contributed by atoms with Crippen LogP contribution in [0.15, 0.2) is 53.9 Å². The average molecular weight is 399 g/mol. The smallest absolute Gasteiger partial charge is 0.244 e. The van der Waals surface area contributed by atoms with Gasteiger partial charge in [-0.25, -0.2) is 0 Å². The Balaban J connectivity index is 1.32. The van der Waals surface area contributed by atoms with E-state index >= 15 is 0 Å². The van der Waals surface area contributed by atoms with Gasteiger partial charge in [-0.1, -0.05) is 12.1 Å². The highest BCUT2D eigenvalue weighted by Crippen LogP contribution is 2.33. The Kier molecular flexibility index (Phi) is 5.24. The molecule has 3 aromatic rings. The first-order valence-electron chi connectivity index (χ1n) is 8.35. The van der Waals surface area contributed by atoms with E-state index in [-0.39, 0.29) is 12.7 Å². The van der Waals surface area contributed by atoms with E-state index in [0.29, 0.717) is 12.3 Å². The first-order chi connectivity index (χ1) is 13.2. The Labute approximate surface area is 164 Å². The second-order valence-electron chi connectivity index (χ2n) is 5.89. The van der Waals surface area contributed by atoms with Gasteiger partial charge >= 0.3 is 0 Å². The number of hydrogen-bond donors (Lipinski definition) is 2. The van der Waals surface area contributed by atoms with Crippen LogP contribution in [0.2, 0.25) is 0 Å². The molecule has 0 spiro atoms. The van der Waals surface area contributed by atoms with Crippen LogP contribution in [0, 0.1) is 0 Å². The maximum atomic E-state index is 12.1. The maximum Gasteiger partial charge on any atom is 0.244 e. The molecule has 0 bridgehead atoms. The van der Waals surface area contributed by atoms with Crippen molar-refractivity contribution in [1.82, 2.24) is 5.32 Å². The van der Waals surface area contributed by atoms with Crippen molar-refractivity contribution >= 4 is 34.7 Å². The van der Waals surface area contributed by atoms with Crippen molar-refractivity contribution in [3.05, 3.63) is 74.1 Å². The van der Waals surface area contributed by atoms with E-state index in [4.69, 9.17) is 9.47 Å². The number of aliphatic hydroxyl groups is 1. The molecule has 1 atom stereocenters. The minimum absolute atomic E-state index is 0.179. The van der Waals surface area contributed by atoms with Crippen molar-refractivity contribution in [2.45, 2.75) is 12.6 Å². The first-order valence-corrected chi connectivity index (χ1v) is 10.0. The van der Waals surface area contributed by atoms with Crippen LogP contribution in [0.25, 0.3) is 6.08 Å². The average Bonchev–Trinajstić information content (AvgIpc) is 3.45. The zero-order valence-corrected chi connectivity index (χ0v) is 15.9. The number of amides is 1. The predicted octanol–water partition coefficient (Wildman–Crippen LogP) is 3.95. The molecular weight excluding hydrogens is 382 g/mol. The van der Waals surface area contributed by atoms with Gasteiger partial charge in [-0.15, -0.1) is 22.7 Å². The molecule has 2 aromatic heterocycles. The zero-order valence-electron chi connectivity index (χ0n) is 14.3. The summed E-state index contributed by atoms with van der Waals surface area (Å²) >= 11 is 3.02.